The molecule has 0 bridgehead atoms. The van der Waals surface area contributed by atoms with Gasteiger partial charge in [-0.3, -0.25) is 4.79 Å². The molecular formula is C12H15NO3. The van der Waals surface area contributed by atoms with Gasteiger partial charge in [-0.2, -0.15) is 0 Å². The highest BCUT2D eigenvalue weighted by Crippen LogP contribution is 2.35. The van der Waals surface area contributed by atoms with Gasteiger partial charge in [0, 0.05) is 0 Å². The van der Waals surface area contributed by atoms with E-state index in [2.05, 4.69) is 5.32 Å². The Bertz CT molecular complexity index is 382. The Kier molecular flexibility index (Phi) is 2.83. The molecule has 86 valence electrons. The zero-order valence-corrected chi connectivity index (χ0v) is 9.19. The molecule has 0 aliphatic carbocycles. The van der Waals surface area contributed by atoms with E-state index in [9.17, 15) is 4.79 Å². The van der Waals surface area contributed by atoms with E-state index in [1.54, 1.807) is 7.11 Å². The highest BCUT2D eigenvalue weighted by atomic mass is 16.5. The number of rotatable bonds is 4. The second kappa shape index (κ2) is 4.14. The predicted octanol–water partition coefficient (Wildman–Crippen LogP) is 1.36. The Hall–Kier alpha value is -1.55. The van der Waals surface area contributed by atoms with Crippen LogP contribution in [0.1, 0.15) is 18.4 Å². The molecule has 1 atom stereocenters. The first-order valence-electron chi connectivity index (χ1n) is 5.28. The largest absolute Gasteiger partial charge is 0.497 e. The van der Waals surface area contributed by atoms with E-state index in [0.717, 1.165) is 24.3 Å². The molecule has 16 heavy (non-hydrogen) atoms. The van der Waals surface area contributed by atoms with Crippen LogP contribution in [0.15, 0.2) is 24.3 Å². The quantitative estimate of drug-likeness (QED) is 0.806. The molecule has 1 aliphatic rings. The van der Waals surface area contributed by atoms with E-state index < -0.39 is 5.97 Å². The molecule has 2 rings (SSSR count). The minimum atomic E-state index is -0.775. The molecule has 1 saturated heterocycles. The number of carboxylic acid groups (broad SMARTS) is 1. The maximum atomic E-state index is 10.8. The van der Waals surface area contributed by atoms with Crippen molar-refractivity contribution in [3.05, 3.63) is 29.8 Å². The van der Waals surface area contributed by atoms with Crippen molar-refractivity contribution in [3.8, 4) is 5.75 Å². The average Bonchev–Trinajstić information content (AvgIpc) is 2.23. The lowest BCUT2D eigenvalue weighted by atomic mass is 9.78. The van der Waals surface area contributed by atoms with E-state index in [4.69, 9.17) is 9.84 Å². The van der Waals surface area contributed by atoms with E-state index in [1.807, 2.05) is 24.3 Å². The first-order valence-corrected chi connectivity index (χ1v) is 5.28. The third kappa shape index (κ3) is 1.88. The average molecular weight is 221 g/mol. The van der Waals surface area contributed by atoms with Gasteiger partial charge in [0.15, 0.2) is 0 Å². The van der Waals surface area contributed by atoms with Crippen molar-refractivity contribution in [1.82, 2.24) is 5.32 Å². The van der Waals surface area contributed by atoms with Gasteiger partial charge in [-0.05, 0) is 30.7 Å². The van der Waals surface area contributed by atoms with Crippen LogP contribution in [0, 0.1) is 0 Å². The summed E-state index contributed by atoms with van der Waals surface area (Å²) in [7, 11) is 1.61. The first kappa shape index (κ1) is 11.0. The zero-order valence-electron chi connectivity index (χ0n) is 9.19. The molecule has 0 radical (unpaired) electrons. The van der Waals surface area contributed by atoms with Crippen molar-refractivity contribution in [2.24, 2.45) is 0 Å². The molecule has 0 saturated carbocycles. The molecule has 1 fully saturated rings. The van der Waals surface area contributed by atoms with Crippen LogP contribution in [-0.2, 0) is 10.3 Å². The second-order valence-corrected chi connectivity index (χ2v) is 4.06. The van der Waals surface area contributed by atoms with Crippen LogP contribution in [0.5, 0.6) is 5.75 Å². The van der Waals surface area contributed by atoms with Gasteiger partial charge in [-0.1, -0.05) is 12.1 Å². The normalized spacial score (nSPS) is 23.6. The Morgan fingerprint density at radius 1 is 1.50 bits per heavy atom. The maximum absolute atomic E-state index is 10.8. The molecule has 0 aromatic heterocycles. The second-order valence-electron chi connectivity index (χ2n) is 4.06. The van der Waals surface area contributed by atoms with E-state index in [-0.39, 0.29) is 12.0 Å². The number of ether oxygens (including phenoxy) is 1. The number of hydrogen-bond acceptors (Lipinski definition) is 3. The molecule has 2 N–H and O–H groups in total. The number of carbonyl (C=O) groups is 1. The summed E-state index contributed by atoms with van der Waals surface area (Å²) in [5.74, 6) is 0.0107. The van der Waals surface area contributed by atoms with E-state index >= 15 is 0 Å². The molecule has 0 amide bonds. The van der Waals surface area contributed by atoms with Crippen molar-refractivity contribution in [2.45, 2.75) is 18.4 Å². The fraction of sp³-hybridized carbons (Fsp3) is 0.417. The van der Waals surface area contributed by atoms with Crippen molar-refractivity contribution in [1.29, 1.82) is 0 Å². The zero-order chi connectivity index (χ0) is 11.6. The number of hydrogen-bond donors (Lipinski definition) is 2. The van der Waals surface area contributed by atoms with Gasteiger partial charge in [0.05, 0.1) is 19.1 Å². The van der Waals surface area contributed by atoms with Crippen LogP contribution in [0.3, 0.4) is 0 Å². The van der Waals surface area contributed by atoms with Crippen LogP contribution in [-0.4, -0.2) is 24.7 Å². The fourth-order valence-electron chi connectivity index (χ4n) is 2.09. The van der Waals surface area contributed by atoms with Crippen molar-refractivity contribution < 1.29 is 14.6 Å². The molecule has 1 aromatic carbocycles. The highest BCUT2D eigenvalue weighted by molar-refractivity contribution is 5.69. The van der Waals surface area contributed by atoms with Crippen LogP contribution in [0.25, 0.3) is 0 Å². The van der Waals surface area contributed by atoms with Crippen LogP contribution in [0.2, 0.25) is 0 Å². The van der Waals surface area contributed by atoms with Crippen LogP contribution in [0.4, 0.5) is 0 Å². The van der Waals surface area contributed by atoms with Gasteiger partial charge in [0.2, 0.25) is 0 Å². The summed E-state index contributed by atoms with van der Waals surface area (Å²) in [6.07, 6.45) is 0.991. The monoisotopic (exact) mass is 221 g/mol. The number of methoxy groups -OCH3 is 1. The van der Waals surface area contributed by atoms with Gasteiger partial charge in [-0.25, -0.2) is 0 Å². The molecule has 0 spiro atoms. The Labute approximate surface area is 94.2 Å². The van der Waals surface area contributed by atoms with Crippen molar-refractivity contribution in [3.63, 3.8) is 0 Å². The molecule has 1 heterocycles. The van der Waals surface area contributed by atoms with E-state index in [0.29, 0.717) is 0 Å². The SMILES string of the molecule is COc1ccc(C2(CC(=O)O)CCN2)cc1. The third-order valence-corrected chi connectivity index (χ3v) is 3.11. The van der Waals surface area contributed by atoms with Gasteiger partial charge < -0.3 is 15.2 Å². The number of nitrogens with one attached hydrogen (secondary N) is 1. The van der Waals surface area contributed by atoms with Gasteiger partial charge >= 0.3 is 5.97 Å². The number of aliphatic carboxylic acids is 1. The van der Waals surface area contributed by atoms with E-state index in [1.165, 1.54) is 0 Å². The Morgan fingerprint density at radius 3 is 2.50 bits per heavy atom. The van der Waals surface area contributed by atoms with Crippen LogP contribution < -0.4 is 10.1 Å². The minimum absolute atomic E-state index is 0.124. The summed E-state index contributed by atoms with van der Waals surface area (Å²) in [6, 6.07) is 7.57. The topological polar surface area (TPSA) is 58.6 Å². The molecule has 1 unspecified atom stereocenters. The maximum Gasteiger partial charge on any atom is 0.305 e. The van der Waals surface area contributed by atoms with Gasteiger partial charge in [-0.15, -0.1) is 0 Å². The highest BCUT2D eigenvalue weighted by Gasteiger charge is 2.40. The third-order valence-electron chi connectivity index (χ3n) is 3.11. The molecular weight excluding hydrogens is 206 g/mol. The summed E-state index contributed by atoms with van der Waals surface area (Å²) in [4.78, 5) is 10.8. The van der Waals surface area contributed by atoms with Gasteiger partial charge in [0.1, 0.15) is 5.75 Å². The fourth-order valence-corrected chi connectivity index (χ4v) is 2.09. The summed E-state index contributed by atoms with van der Waals surface area (Å²) >= 11 is 0. The lowest BCUT2D eigenvalue weighted by Gasteiger charge is -2.42. The lowest BCUT2D eigenvalue weighted by molar-refractivity contribution is -0.139. The first-order chi connectivity index (χ1) is 7.66. The summed E-state index contributed by atoms with van der Waals surface area (Å²) < 4.78 is 5.08. The van der Waals surface area contributed by atoms with Crippen LogP contribution >= 0.6 is 0 Å². The predicted molar refractivity (Wildman–Crippen MR) is 59.5 cm³/mol. The lowest BCUT2D eigenvalue weighted by Crippen LogP contribution is -2.55. The number of benzene rings is 1. The smallest absolute Gasteiger partial charge is 0.305 e. The minimum Gasteiger partial charge on any atom is -0.497 e. The van der Waals surface area contributed by atoms with Crippen molar-refractivity contribution >= 4 is 5.97 Å². The number of carboxylic acids is 1. The Balaban J connectivity index is 2.22. The molecule has 4 nitrogen and oxygen atoms in total. The standard InChI is InChI=1S/C12H15NO3/c1-16-10-4-2-9(3-5-10)12(6-7-13-12)8-11(14)15/h2-5,13H,6-8H2,1H3,(H,14,15). The summed E-state index contributed by atoms with van der Waals surface area (Å²) in [5.41, 5.74) is 0.639. The summed E-state index contributed by atoms with van der Waals surface area (Å²) in [6.45, 7) is 0.874. The molecule has 1 aliphatic heterocycles. The van der Waals surface area contributed by atoms with Gasteiger partial charge in [0.25, 0.3) is 0 Å². The Morgan fingerprint density at radius 2 is 2.12 bits per heavy atom. The van der Waals surface area contributed by atoms with Crippen molar-refractivity contribution in [2.75, 3.05) is 13.7 Å². The molecule has 4 heteroatoms. The molecule has 1 aromatic rings. The summed E-state index contributed by atoms with van der Waals surface area (Å²) in [5, 5.41) is 12.1.